The first-order valence-electron chi connectivity index (χ1n) is 3.12. The summed E-state index contributed by atoms with van der Waals surface area (Å²) >= 11 is 0. The van der Waals surface area contributed by atoms with Crippen LogP contribution >= 0.6 is 0 Å². The lowest BCUT2D eigenvalue weighted by atomic mass is 10.0. The van der Waals surface area contributed by atoms with Crippen LogP contribution in [0.3, 0.4) is 0 Å². The molecule has 0 rings (SSSR count). The van der Waals surface area contributed by atoms with Crippen LogP contribution in [-0.4, -0.2) is 22.9 Å². The molecule has 0 heterocycles. The highest BCUT2D eigenvalue weighted by Gasteiger charge is 2.09. The van der Waals surface area contributed by atoms with Crippen LogP contribution in [0, 0.1) is 5.92 Å². The van der Waals surface area contributed by atoms with Crippen molar-refractivity contribution in [3.05, 3.63) is 12.7 Å². The fourth-order valence-electron chi connectivity index (χ4n) is 0.600. The van der Waals surface area contributed by atoms with Crippen LogP contribution < -0.4 is 0 Å². The first-order valence-corrected chi connectivity index (χ1v) is 3.12. The molecule has 0 aromatic heterocycles. The molecule has 0 radical (unpaired) electrons. The largest absolute Gasteiger partial charge is 0.394 e. The summed E-state index contributed by atoms with van der Waals surface area (Å²) in [6.45, 7) is 5.24. The highest BCUT2D eigenvalue weighted by atomic mass is 16.3. The summed E-state index contributed by atoms with van der Waals surface area (Å²) < 4.78 is 0. The van der Waals surface area contributed by atoms with Gasteiger partial charge in [-0.25, -0.2) is 0 Å². The second-order valence-electron chi connectivity index (χ2n) is 2.25. The lowest BCUT2D eigenvalue weighted by Gasteiger charge is -2.13. The zero-order valence-corrected chi connectivity index (χ0v) is 5.75. The maximum Gasteiger partial charge on any atom is 0.0799 e. The number of allylic oxidation sites excluding steroid dienone is 1. The van der Waals surface area contributed by atoms with Gasteiger partial charge >= 0.3 is 0 Å². The van der Waals surface area contributed by atoms with E-state index in [1.807, 2.05) is 6.92 Å². The zero-order valence-electron chi connectivity index (χ0n) is 5.75. The van der Waals surface area contributed by atoms with Gasteiger partial charge in [0.2, 0.25) is 0 Å². The number of aliphatic hydroxyl groups is 2. The third-order valence-corrected chi connectivity index (χ3v) is 1.38. The molecule has 0 aliphatic rings. The zero-order chi connectivity index (χ0) is 7.28. The molecule has 0 saturated heterocycles. The van der Waals surface area contributed by atoms with Crippen molar-refractivity contribution in [2.24, 2.45) is 5.92 Å². The molecule has 0 spiro atoms. The molecule has 2 N–H and O–H groups in total. The predicted octanol–water partition coefficient (Wildman–Crippen LogP) is 0.552. The molecule has 9 heavy (non-hydrogen) atoms. The molecule has 2 heteroatoms. The van der Waals surface area contributed by atoms with Gasteiger partial charge in [-0.15, -0.1) is 6.58 Å². The summed E-state index contributed by atoms with van der Waals surface area (Å²) in [6.07, 6.45) is 1.90. The lowest BCUT2D eigenvalue weighted by Crippen LogP contribution is -2.20. The minimum Gasteiger partial charge on any atom is -0.394 e. The summed E-state index contributed by atoms with van der Waals surface area (Å²) in [5.74, 6) is 0.118. The molecule has 0 aliphatic heterocycles. The van der Waals surface area contributed by atoms with E-state index in [4.69, 9.17) is 10.2 Å². The maximum atomic E-state index is 8.96. The number of aliphatic hydroxyl groups excluding tert-OH is 2. The Morgan fingerprint density at radius 1 is 1.67 bits per heavy atom. The topological polar surface area (TPSA) is 40.5 Å². The number of hydrogen-bond acceptors (Lipinski definition) is 2. The Bertz CT molecular complexity index is 81.0. The van der Waals surface area contributed by atoms with E-state index in [0.29, 0.717) is 0 Å². The fraction of sp³-hybridized carbons (Fsp3) is 0.714. The molecule has 0 aliphatic carbocycles. The Hall–Kier alpha value is -0.340. The van der Waals surface area contributed by atoms with Crippen LogP contribution in [0.2, 0.25) is 0 Å². The van der Waals surface area contributed by atoms with Gasteiger partial charge in [0.05, 0.1) is 12.7 Å². The van der Waals surface area contributed by atoms with Gasteiger partial charge in [0.1, 0.15) is 0 Å². The monoisotopic (exact) mass is 130 g/mol. The van der Waals surface area contributed by atoms with E-state index in [1.54, 1.807) is 6.08 Å². The van der Waals surface area contributed by atoms with E-state index in [-0.39, 0.29) is 12.5 Å². The van der Waals surface area contributed by atoms with Crippen LogP contribution in [0.4, 0.5) is 0 Å². The smallest absolute Gasteiger partial charge is 0.0799 e. The van der Waals surface area contributed by atoms with Crippen LogP contribution in [0.5, 0.6) is 0 Å². The second kappa shape index (κ2) is 4.53. The van der Waals surface area contributed by atoms with Gasteiger partial charge in [0.25, 0.3) is 0 Å². The minimum atomic E-state index is -0.594. The third kappa shape index (κ3) is 3.27. The molecule has 0 saturated carbocycles. The summed E-state index contributed by atoms with van der Waals surface area (Å²) in [7, 11) is 0. The molecule has 0 unspecified atom stereocenters. The Labute approximate surface area is 55.8 Å². The molecule has 0 aromatic carbocycles. The highest BCUT2D eigenvalue weighted by Crippen LogP contribution is 2.06. The van der Waals surface area contributed by atoms with Crippen molar-refractivity contribution < 1.29 is 10.2 Å². The van der Waals surface area contributed by atoms with Crippen molar-refractivity contribution in [2.45, 2.75) is 19.4 Å². The summed E-state index contributed by atoms with van der Waals surface area (Å²) in [4.78, 5) is 0. The van der Waals surface area contributed by atoms with Crippen LogP contribution in [-0.2, 0) is 0 Å². The van der Waals surface area contributed by atoms with Gasteiger partial charge in [-0.2, -0.15) is 0 Å². The molecule has 0 aromatic rings. The number of rotatable bonds is 4. The van der Waals surface area contributed by atoms with E-state index in [1.165, 1.54) is 0 Å². The van der Waals surface area contributed by atoms with Crippen LogP contribution in [0.1, 0.15) is 13.3 Å². The molecule has 0 amide bonds. The van der Waals surface area contributed by atoms with Gasteiger partial charge in [0, 0.05) is 0 Å². The molecular weight excluding hydrogens is 116 g/mol. The van der Waals surface area contributed by atoms with Gasteiger partial charge in [-0.1, -0.05) is 13.0 Å². The van der Waals surface area contributed by atoms with Gasteiger partial charge in [0.15, 0.2) is 0 Å². The van der Waals surface area contributed by atoms with E-state index >= 15 is 0 Å². The van der Waals surface area contributed by atoms with Crippen molar-refractivity contribution in [3.63, 3.8) is 0 Å². The third-order valence-electron chi connectivity index (χ3n) is 1.38. The van der Waals surface area contributed by atoms with Gasteiger partial charge < -0.3 is 10.2 Å². The average molecular weight is 130 g/mol. The highest BCUT2D eigenvalue weighted by molar-refractivity contribution is 4.74. The lowest BCUT2D eigenvalue weighted by molar-refractivity contribution is 0.0544. The molecule has 2 atom stereocenters. The molecular formula is C7H14O2. The van der Waals surface area contributed by atoms with Gasteiger partial charge in [-0.05, 0) is 12.3 Å². The second-order valence-corrected chi connectivity index (χ2v) is 2.25. The molecule has 0 fully saturated rings. The average Bonchev–Trinajstić information content (AvgIpc) is 1.87. The van der Waals surface area contributed by atoms with Crippen LogP contribution in [0.15, 0.2) is 12.7 Å². The fourth-order valence-corrected chi connectivity index (χ4v) is 0.600. The first kappa shape index (κ1) is 8.66. The van der Waals surface area contributed by atoms with E-state index in [9.17, 15) is 0 Å². The Morgan fingerprint density at radius 3 is 2.56 bits per heavy atom. The standard InChI is InChI=1S/C7H14O2/c1-3-4-6(2)7(9)5-8/h3,6-9H,1,4-5H2,2H3/t6-,7-/m0/s1. The molecule has 2 nitrogen and oxygen atoms in total. The first-order chi connectivity index (χ1) is 4.22. The van der Waals surface area contributed by atoms with E-state index in [2.05, 4.69) is 6.58 Å². The van der Waals surface area contributed by atoms with Crippen molar-refractivity contribution in [2.75, 3.05) is 6.61 Å². The van der Waals surface area contributed by atoms with E-state index < -0.39 is 6.10 Å². The normalized spacial score (nSPS) is 16.8. The van der Waals surface area contributed by atoms with E-state index in [0.717, 1.165) is 6.42 Å². The summed E-state index contributed by atoms with van der Waals surface area (Å²) in [6, 6.07) is 0. The molecule has 0 bridgehead atoms. The summed E-state index contributed by atoms with van der Waals surface area (Å²) in [5.41, 5.74) is 0. The van der Waals surface area contributed by atoms with Crippen molar-refractivity contribution >= 4 is 0 Å². The molecule has 54 valence electrons. The quantitative estimate of drug-likeness (QED) is 0.546. The minimum absolute atomic E-state index is 0.118. The van der Waals surface area contributed by atoms with Gasteiger partial charge in [-0.3, -0.25) is 0 Å². The Kier molecular flexibility index (Phi) is 4.36. The van der Waals surface area contributed by atoms with Crippen molar-refractivity contribution in [3.8, 4) is 0 Å². The Morgan fingerprint density at radius 2 is 2.22 bits per heavy atom. The summed E-state index contributed by atoms with van der Waals surface area (Å²) in [5, 5.41) is 17.4. The maximum absolute atomic E-state index is 8.96. The van der Waals surface area contributed by atoms with Crippen molar-refractivity contribution in [1.82, 2.24) is 0 Å². The van der Waals surface area contributed by atoms with Crippen molar-refractivity contribution in [1.29, 1.82) is 0 Å². The van der Waals surface area contributed by atoms with Crippen LogP contribution in [0.25, 0.3) is 0 Å². The SMILES string of the molecule is C=CC[C@H](C)[C@@H](O)CO. The predicted molar refractivity (Wildman–Crippen MR) is 37.1 cm³/mol. The Balaban J connectivity index is 3.44. The number of hydrogen-bond donors (Lipinski definition) is 2.